The first kappa shape index (κ1) is 14.6. The Morgan fingerprint density at radius 2 is 1.73 bits per heavy atom. The lowest BCUT2D eigenvalue weighted by Gasteiger charge is -2.37. The Hall–Kier alpha value is -2.30. The monoisotopic (exact) mass is 298 g/mol. The van der Waals surface area contributed by atoms with Crippen molar-refractivity contribution in [3.05, 3.63) is 52.1 Å². The van der Waals surface area contributed by atoms with Crippen LogP contribution < -0.4 is 15.4 Å². The van der Waals surface area contributed by atoms with Gasteiger partial charge in [-0.05, 0) is 31.0 Å². The third-order valence-corrected chi connectivity index (χ3v) is 4.48. The summed E-state index contributed by atoms with van der Waals surface area (Å²) >= 11 is 0. The summed E-state index contributed by atoms with van der Waals surface area (Å²) < 4.78 is 1.50. The number of aromatic nitrogens is 2. The zero-order valence-electron chi connectivity index (χ0n) is 13.4. The highest BCUT2D eigenvalue weighted by Crippen LogP contribution is 2.24. The molecule has 0 bridgehead atoms. The maximum Gasteiger partial charge on any atom is 0.255 e. The summed E-state index contributed by atoms with van der Waals surface area (Å²) in [5, 5.41) is 0. The maximum absolute atomic E-state index is 11.7. The van der Waals surface area contributed by atoms with Crippen molar-refractivity contribution in [2.24, 2.45) is 7.05 Å². The molecule has 0 aliphatic carbocycles. The molecule has 22 heavy (non-hydrogen) atoms. The Balaban J connectivity index is 1.73. The second kappa shape index (κ2) is 5.83. The molecular weight excluding hydrogens is 276 g/mol. The number of piperazine rings is 1. The van der Waals surface area contributed by atoms with Crippen molar-refractivity contribution < 1.29 is 0 Å². The standard InChI is InChI=1S/C17H22N4O/c1-13-5-4-6-15(14(13)2)20-7-9-21(10-8-20)16-11-17(22)19(3)12-18-16/h4-6,11-12H,7-10H2,1-3H3. The largest absolute Gasteiger partial charge is 0.368 e. The third-order valence-electron chi connectivity index (χ3n) is 4.48. The molecule has 1 aromatic heterocycles. The van der Waals surface area contributed by atoms with Gasteiger partial charge in [0.1, 0.15) is 5.82 Å². The van der Waals surface area contributed by atoms with Gasteiger partial charge < -0.3 is 14.4 Å². The van der Waals surface area contributed by atoms with Gasteiger partial charge in [0.05, 0.1) is 6.33 Å². The predicted molar refractivity (Wildman–Crippen MR) is 89.8 cm³/mol. The second-order valence-electron chi connectivity index (χ2n) is 5.89. The van der Waals surface area contributed by atoms with Crippen molar-refractivity contribution in [1.82, 2.24) is 9.55 Å². The predicted octanol–water partition coefficient (Wildman–Crippen LogP) is 1.72. The molecule has 2 aromatic rings. The van der Waals surface area contributed by atoms with E-state index in [2.05, 4.69) is 46.8 Å². The molecule has 5 heteroatoms. The van der Waals surface area contributed by atoms with Gasteiger partial charge in [0.2, 0.25) is 0 Å². The molecule has 116 valence electrons. The topological polar surface area (TPSA) is 41.4 Å². The summed E-state index contributed by atoms with van der Waals surface area (Å²) in [4.78, 5) is 20.7. The molecule has 5 nitrogen and oxygen atoms in total. The van der Waals surface area contributed by atoms with Crippen molar-refractivity contribution in [1.29, 1.82) is 0 Å². The molecule has 0 amide bonds. The smallest absolute Gasteiger partial charge is 0.255 e. The molecule has 3 rings (SSSR count). The first-order chi connectivity index (χ1) is 10.6. The lowest BCUT2D eigenvalue weighted by atomic mass is 10.1. The van der Waals surface area contributed by atoms with Gasteiger partial charge in [-0.15, -0.1) is 0 Å². The van der Waals surface area contributed by atoms with Crippen LogP contribution in [-0.2, 0) is 7.05 Å². The minimum absolute atomic E-state index is 0.0121. The van der Waals surface area contributed by atoms with Gasteiger partial charge in [-0.25, -0.2) is 4.98 Å². The van der Waals surface area contributed by atoms with Gasteiger partial charge in [-0.2, -0.15) is 0 Å². The number of nitrogens with zero attached hydrogens (tertiary/aromatic N) is 4. The van der Waals surface area contributed by atoms with Gasteiger partial charge in [-0.1, -0.05) is 12.1 Å². The number of rotatable bonds is 2. The highest BCUT2D eigenvalue weighted by molar-refractivity contribution is 5.57. The Bertz CT molecular complexity index is 730. The molecule has 1 saturated heterocycles. The fourth-order valence-corrected chi connectivity index (χ4v) is 2.88. The quantitative estimate of drug-likeness (QED) is 0.846. The van der Waals surface area contributed by atoms with Crippen LogP contribution in [-0.4, -0.2) is 35.7 Å². The van der Waals surface area contributed by atoms with E-state index in [1.807, 2.05) is 0 Å². The number of hydrogen-bond acceptors (Lipinski definition) is 4. The van der Waals surface area contributed by atoms with E-state index in [1.165, 1.54) is 21.4 Å². The van der Waals surface area contributed by atoms with Crippen molar-refractivity contribution in [2.45, 2.75) is 13.8 Å². The van der Waals surface area contributed by atoms with Gasteiger partial charge >= 0.3 is 0 Å². The van der Waals surface area contributed by atoms with E-state index in [0.717, 1.165) is 32.0 Å². The van der Waals surface area contributed by atoms with Crippen LogP contribution in [0.3, 0.4) is 0 Å². The van der Waals surface area contributed by atoms with Crippen LogP contribution in [0.5, 0.6) is 0 Å². The highest BCUT2D eigenvalue weighted by atomic mass is 16.1. The summed E-state index contributed by atoms with van der Waals surface area (Å²) in [5.74, 6) is 0.781. The van der Waals surface area contributed by atoms with Crippen LogP contribution in [0.1, 0.15) is 11.1 Å². The van der Waals surface area contributed by atoms with Crippen LogP contribution in [0.25, 0.3) is 0 Å². The molecule has 1 fully saturated rings. The molecular formula is C17H22N4O. The van der Waals surface area contributed by atoms with E-state index in [4.69, 9.17) is 0 Å². The molecule has 0 spiro atoms. The van der Waals surface area contributed by atoms with Crippen LogP contribution in [0.15, 0.2) is 35.4 Å². The van der Waals surface area contributed by atoms with Crippen LogP contribution in [0.4, 0.5) is 11.5 Å². The lowest BCUT2D eigenvalue weighted by Crippen LogP contribution is -2.47. The van der Waals surface area contributed by atoms with Crippen LogP contribution >= 0.6 is 0 Å². The summed E-state index contributed by atoms with van der Waals surface area (Å²) in [7, 11) is 1.72. The molecule has 0 radical (unpaired) electrons. The minimum Gasteiger partial charge on any atom is -0.368 e. The van der Waals surface area contributed by atoms with E-state index in [-0.39, 0.29) is 5.56 Å². The molecule has 1 aliphatic rings. The number of aryl methyl sites for hydroxylation is 2. The average molecular weight is 298 g/mol. The Morgan fingerprint density at radius 3 is 2.41 bits per heavy atom. The zero-order chi connectivity index (χ0) is 15.7. The maximum atomic E-state index is 11.7. The van der Waals surface area contributed by atoms with Gasteiger partial charge in [-0.3, -0.25) is 4.79 Å². The normalized spacial score (nSPS) is 15.2. The van der Waals surface area contributed by atoms with E-state index in [9.17, 15) is 4.79 Å². The van der Waals surface area contributed by atoms with E-state index >= 15 is 0 Å². The molecule has 0 saturated carbocycles. The van der Waals surface area contributed by atoms with Gasteiger partial charge in [0, 0.05) is 45.0 Å². The van der Waals surface area contributed by atoms with Gasteiger partial charge in [0.25, 0.3) is 5.56 Å². The van der Waals surface area contributed by atoms with Crippen LogP contribution in [0, 0.1) is 13.8 Å². The number of benzene rings is 1. The van der Waals surface area contributed by atoms with Crippen molar-refractivity contribution in [2.75, 3.05) is 36.0 Å². The number of anilines is 2. The van der Waals surface area contributed by atoms with Gasteiger partial charge in [0.15, 0.2) is 0 Å². The van der Waals surface area contributed by atoms with E-state index < -0.39 is 0 Å². The second-order valence-corrected chi connectivity index (χ2v) is 5.89. The minimum atomic E-state index is -0.0121. The SMILES string of the molecule is Cc1cccc(N2CCN(c3cc(=O)n(C)cn3)CC2)c1C. The first-order valence-corrected chi connectivity index (χ1v) is 7.65. The summed E-state index contributed by atoms with van der Waals surface area (Å²) in [6.45, 7) is 7.99. The first-order valence-electron chi connectivity index (χ1n) is 7.65. The molecule has 0 unspecified atom stereocenters. The molecule has 1 aliphatic heterocycles. The fraction of sp³-hybridized carbons (Fsp3) is 0.412. The van der Waals surface area contributed by atoms with Crippen molar-refractivity contribution >= 4 is 11.5 Å². The van der Waals surface area contributed by atoms with E-state index in [0.29, 0.717) is 0 Å². The highest BCUT2D eigenvalue weighted by Gasteiger charge is 2.20. The summed E-state index contributed by atoms with van der Waals surface area (Å²) in [5.41, 5.74) is 3.98. The molecule has 0 atom stereocenters. The fourth-order valence-electron chi connectivity index (χ4n) is 2.88. The summed E-state index contributed by atoms with van der Waals surface area (Å²) in [6.07, 6.45) is 1.59. The zero-order valence-corrected chi connectivity index (χ0v) is 13.4. The van der Waals surface area contributed by atoms with Crippen molar-refractivity contribution in [3.63, 3.8) is 0 Å². The Labute approximate surface area is 130 Å². The Morgan fingerprint density at radius 1 is 1.05 bits per heavy atom. The molecule has 1 aromatic carbocycles. The van der Waals surface area contributed by atoms with Crippen LogP contribution in [0.2, 0.25) is 0 Å². The van der Waals surface area contributed by atoms with E-state index in [1.54, 1.807) is 19.4 Å². The molecule has 0 N–H and O–H groups in total. The van der Waals surface area contributed by atoms with Crippen molar-refractivity contribution in [3.8, 4) is 0 Å². The third kappa shape index (κ3) is 2.71. The lowest BCUT2D eigenvalue weighted by molar-refractivity contribution is 0.642. The Kier molecular flexibility index (Phi) is 3.88. The number of hydrogen-bond donors (Lipinski definition) is 0. The summed E-state index contributed by atoms with van der Waals surface area (Å²) in [6, 6.07) is 8.08. The average Bonchev–Trinajstić information content (AvgIpc) is 2.53. The molecule has 2 heterocycles.